The maximum absolute atomic E-state index is 10.7. The minimum Gasteiger partial charge on any atom is -0.394 e. The molecule has 0 unspecified atom stereocenters. The van der Waals surface area contributed by atoms with Gasteiger partial charge in [-0.15, -0.1) is 6.58 Å². The Morgan fingerprint density at radius 2 is 0.522 bits per heavy atom. The van der Waals surface area contributed by atoms with Crippen molar-refractivity contribution in [3.63, 3.8) is 0 Å². The van der Waals surface area contributed by atoms with Crippen molar-refractivity contribution in [3.8, 4) is 0 Å². The van der Waals surface area contributed by atoms with Gasteiger partial charge in [0.25, 0.3) is 0 Å². The second-order valence-corrected chi connectivity index (χ2v) is 16.1. The molecule has 1 fully saturated rings. The molecule has 28 N–H and O–H groups in total. The molecule has 1 saturated heterocycles. The van der Waals surface area contributed by atoms with Gasteiger partial charge in [-0.05, 0) is 114 Å². The molecule has 3 aromatic rings. The molecule has 1 heterocycles. The minimum absolute atomic E-state index is 0. The van der Waals surface area contributed by atoms with Gasteiger partial charge in [0, 0.05) is 26.1 Å². The number of hydrogen-bond acceptors (Lipinski definition) is 22. The lowest BCUT2D eigenvalue weighted by Crippen LogP contribution is -2.33. The number of carbonyl (C=O) groups is 11. The van der Waals surface area contributed by atoms with E-state index in [2.05, 4.69) is 194 Å². The Morgan fingerprint density at radius 3 is 0.589 bits per heavy atom. The van der Waals surface area contributed by atoms with Gasteiger partial charge in [-0.1, -0.05) is 213 Å². The van der Waals surface area contributed by atoms with E-state index >= 15 is 0 Å². The van der Waals surface area contributed by atoms with Crippen LogP contribution < -0.4 is 60.3 Å². The Kier molecular flexibility index (Phi) is 397. The molecular weight excluding hydrogens is 1150 g/mol. The number of likely N-dealkylation sites (tertiary alicyclic amines) is 1. The number of hydrogen-bond donors (Lipinski definition) is 11. The van der Waals surface area contributed by atoms with E-state index in [1.165, 1.54) is 76.4 Å². The molecule has 0 radical (unpaired) electrons. The van der Waals surface area contributed by atoms with Crippen molar-refractivity contribution in [2.75, 3.05) is 34.2 Å². The Morgan fingerprint density at radius 1 is 0.389 bits per heavy atom. The predicted octanol–water partition coefficient (Wildman–Crippen LogP) is 14.1. The van der Waals surface area contributed by atoms with Crippen LogP contribution in [0, 0.1) is 23.7 Å². The number of allylic oxidation sites excluding steroid dienone is 1. The van der Waals surface area contributed by atoms with E-state index in [0.29, 0.717) is 5.92 Å². The zero-order valence-electron chi connectivity index (χ0n) is 61.7. The number of carbonyl (C=O) groups excluding carboxylic acids is 11. The molecule has 1 amide bonds. The molecule has 0 bridgehead atoms. The molecular formula is C67H153N11O12. The van der Waals surface area contributed by atoms with Crippen LogP contribution >= 0.6 is 0 Å². The Bertz CT molecular complexity index is 1240. The standard InChI is InChI=1S/3C8H10.C7H13NO.3C5H12.C5H10.C3H8O.3CH5N.10CH2O.7H3N/c3*1-2-8-6-4-3-5-7-8;1-7(9)8-5-3-2-4-6-8;4*1-4-5(2)3;1-3(2)4;13*1-2;;;;;;;/h3*3-7H,2H2,1H3;2-6H2,1H3;3*5H,4H2,1-3H3;4-5H,1H2,2-3H3;3-4H,1-2H3;3*2H2,1H3;10*1H2;7*1H3. The van der Waals surface area contributed by atoms with Crippen molar-refractivity contribution in [1.29, 1.82) is 0 Å². The first kappa shape index (κ1) is 166. The number of nitrogens with zero attached hydrogens (tertiary/aromatic N) is 1. The van der Waals surface area contributed by atoms with Crippen molar-refractivity contribution in [3.05, 3.63) is 120 Å². The molecule has 1 aliphatic heterocycles. The van der Waals surface area contributed by atoms with E-state index in [1.807, 2.05) is 97.1 Å². The molecule has 23 nitrogen and oxygen atoms in total. The fourth-order valence-corrected chi connectivity index (χ4v) is 3.35. The van der Waals surface area contributed by atoms with E-state index in [-0.39, 0.29) is 55.1 Å². The number of amides is 1. The molecule has 4 rings (SSSR count). The van der Waals surface area contributed by atoms with Gasteiger partial charge in [0.2, 0.25) is 5.91 Å². The summed E-state index contributed by atoms with van der Waals surface area (Å²) in [6, 6.07) is 31.4. The summed E-state index contributed by atoms with van der Waals surface area (Å²) in [5, 5.41) is 8.06. The molecule has 0 saturated carbocycles. The third-order valence-electron chi connectivity index (χ3n) is 8.48. The first-order valence-electron chi connectivity index (χ1n) is 27.2. The summed E-state index contributed by atoms with van der Waals surface area (Å²) in [6.45, 7) is 61.2. The smallest absolute Gasteiger partial charge is 0.219 e. The summed E-state index contributed by atoms with van der Waals surface area (Å²) in [5.74, 6) is 3.53. The van der Waals surface area contributed by atoms with Gasteiger partial charge in [-0.2, -0.15) is 0 Å². The monoisotopic (exact) mass is 1300 g/mol. The second kappa shape index (κ2) is 215. The SMILES string of the molecule is C=CC(C)C.C=O.C=O.C=O.C=O.C=O.C=O.C=O.C=O.C=O.C=O.CC(=O)N1CCCCC1.CC(C)O.CCC(C)C.CCC(C)C.CCC(C)C.CCc1ccccc1.CCc1ccccc1.CCc1ccccc1.CN.CN.CN.N.N.N.N.N.N.N. The van der Waals surface area contributed by atoms with Gasteiger partial charge in [-0.25, -0.2) is 0 Å². The summed E-state index contributed by atoms with van der Waals surface area (Å²) in [7, 11) is 4.50. The molecule has 548 valence electrons. The predicted molar refractivity (Wildman–Crippen MR) is 398 cm³/mol. The van der Waals surface area contributed by atoms with E-state index in [0.717, 1.165) is 50.1 Å². The Hall–Kier alpha value is -6.87. The van der Waals surface area contributed by atoms with E-state index in [4.69, 9.17) is 53.1 Å². The molecule has 1 aliphatic rings. The van der Waals surface area contributed by atoms with Crippen molar-refractivity contribution in [2.45, 2.75) is 182 Å². The highest BCUT2D eigenvalue weighted by atomic mass is 16.3. The summed E-state index contributed by atoms with van der Waals surface area (Å²) < 4.78 is 0. The van der Waals surface area contributed by atoms with Gasteiger partial charge in [0.15, 0.2) is 0 Å². The van der Waals surface area contributed by atoms with Crippen LogP contribution in [-0.2, 0) is 72.0 Å². The third kappa shape index (κ3) is 280. The minimum atomic E-state index is -0.167. The molecule has 3 aromatic carbocycles. The molecule has 23 heteroatoms. The summed E-state index contributed by atoms with van der Waals surface area (Å²) >= 11 is 0. The quantitative estimate of drug-likeness (QED) is 0.0979. The highest BCUT2D eigenvalue weighted by molar-refractivity contribution is 5.73. The topological polar surface area (TPSA) is 534 Å². The first-order valence-corrected chi connectivity index (χ1v) is 27.2. The van der Waals surface area contributed by atoms with E-state index in [1.54, 1.807) is 20.8 Å². The van der Waals surface area contributed by atoms with Gasteiger partial charge >= 0.3 is 0 Å². The molecule has 90 heavy (non-hydrogen) atoms. The van der Waals surface area contributed by atoms with Crippen LogP contribution in [0.25, 0.3) is 0 Å². The van der Waals surface area contributed by atoms with Gasteiger partial charge in [0.1, 0.15) is 67.9 Å². The van der Waals surface area contributed by atoms with Crippen LogP contribution in [0.3, 0.4) is 0 Å². The first-order chi connectivity index (χ1) is 39.9. The molecule has 0 spiro atoms. The maximum atomic E-state index is 10.7. The largest absolute Gasteiger partial charge is 0.394 e. The van der Waals surface area contributed by atoms with Gasteiger partial charge in [0.05, 0.1) is 0 Å². The summed E-state index contributed by atoms with van der Waals surface area (Å²) in [6.07, 6.45) is 12.8. The van der Waals surface area contributed by atoms with Crippen LogP contribution in [0.1, 0.15) is 173 Å². The van der Waals surface area contributed by atoms with Crippen LogP contribution in [0.2, 0.25) is 0 Å². The zero-order valence-corrected chi connectivity index (χ0v) is 61.7. The number of piperidine rings is 1. The average Bonchev–Trinajstić information content (AvgIpc) is 3.58. The number of benzene rings is 3. The zero-order chi connectivity index (χ0) is 70.9. The molecule has 0 aliphatic carbocycles. The lowest BCUT2D eigenvalue weighted by Gasteiger charge is -2.24. The summed E-state index contributed by atoms with van der Waals surface area (Å²) in [5.41, 5.74) is 17.7. The Balaban J connectivity index is -0.0000000219. The second-order valence-electron chi connectivity index (χ2n) is 16.1. The summed E-state index contributed by atoms with van der Waals surface area (Å²) in [4.78, 5) is 92.6. The number of aliphatic hydroxyl groups excluding tert-OH is 1. The lowest BCUT2D eigenvalue weighted by molar-refractivity contribution is -0.129. The number of rotatable bonds is 7. The fraction of sp³-hybridized carbons (Fsp3) is 0.537. The van der Waals surface area contributed by atoms with Crippen molar-refractivity contribution in [2.24, 2.45) is 40.9 Å². The number of aliphatic hydroxyl groups is 1. The van der Waals surface area contributed by atoms with Crippen LogP contribution in [0.4, 0.5) is 0 Å². The highest BCUT2D eigenvalue weighted by Crippen LogP contribution is 2.08. The van der Waals surface area contributed by atoms with E-state index in [9.17, 15) is 4.79 Å². The van der Waals surface area contributed by atoms with Crippen LogP contribution in [0.15, 0.2) is 104 Å². The molecule has 0 atom stereocenters. The van der Waals surface area contributed by atoms with Crippen LogP contribution in [-0.4, -0.2) is 124 Å². The lowest BCUT2D eigenvalue weighted by atomic mass is 10.1. The van der Waals surface area contributed by atoms with Crippen molar-refractivity contribution in [1.82, 2.24) is 48.0 Å². The number of aryl methyl sites for hydroxylation is 3. The normalized spacial score (nSPS) is 7.54. The van der Waals surface area contributed by atoms with Gasteiger partial charge in [-0.3, -0.25) is 4.79 Å². The third-order valence-corrected chi connectivity index (χ3v) is 8.48. The van der Waals surface area contributed by atoms with E-state index < -0.39 is 0 Å². The molecule has 0 aromatic heterocycles. The average molecular weight is 1310 g/mol. The fourth-order valence-electron chi connectivity index (χ4n) is 3.35. The maximum Gasteiger partial charge on any atom is 0.219 e. The van der Waals surface area contributed by atoms with Gasteiger partial charge < -0.3 is 118 Å². The van der Waals surface area contributed by atoms with Crippen molar-refractivity contribution < 1.29 is 57.8 Å². The Labute approximate surface area is 554 Å². The van der Waals surface area contributed by atoms with Crippen molar-refractivity contribution >= 4 is 73.8 Å². The van der Waals surface area contributed by atoms with Crippen LogP contribution in [0.5, 0.6) is 0 Å². The number of nitrogens with two attached hydrogens (primary N) is 3. The highest BCUT2D eigenvalue weighted by Gasteiger charge is 2.11.